The molecular weight excluding hydrogens is 430 g/mol. The lowest BCUT2D eigenvalue weighted by molar-refractivity contribution is -0.142. The number of carboxylic acid groups (broad SMARTS) is 1. The molecule has 0 saturated carbocycles. The lowest BCUT2D eigenvalue weighted by Gasteiger charge is -2.35. The van der Waals surface area contributed by atoms with Crippen LogP contribution >= 0.6 is 0 Å². The normalized spacial score (nSPS) is 17.1. The van der Waals surface area contributed by atoms with Crippen LogP contribution in [0.25, 0.3) is 0 Å². The third kappa shape index (κ3) is 4.98. The van der Waals surface area contributed by atoms with Crippen molar-refractivity contribution in [1.82, 2.24) is 9.62 Å². The summed E-state index contributed by atoms with van der Waals surface area (Å²) in [5.41, 5.74) is 1.95. The highest BCUT2D eigenvalue weighted by atomic mass is 32.2. The topological polar surface area (TPSA) is 128 Å². The Bertz CT molecular complexity index is 1140. The van der Waals surface area contributed by atoms with Crippen molar-refractivity contribution in [2.75, 3.05) is 0 Å². The summed E-state index contributed by atoms with van der Waals surface area (Å²) in [4.78, 5) is 24.7. The minimum Gasteiger partial charge on any atom is -0.480 e. The zero-order chi connectivity index (χ0) is 23.3. The van der Waals surface area contributed by atoms with Crippen LogP contribution in [0, 0.1) is 11.3 Å². The van der Waals surface area contributed by atoms with Gasteiger partial charge in [-0.15, -0.1) is 0 Å². The molecule has 1 heterocycles. The van der Waals surface area contributed by atoms with Crippen molar-refractivity contribution in [3.05, 3.63) is 65.2 Å². The highest BCUT2D eigenvalue weighted by molar-refractivity contribution is 7.89. The summed E-state index contributed by atoms with van der Waals surface area (Å²) < 4.78 is 28.0. The van der Waals surface area contributed by atoms with Crippen molar-refractivity contribution in [3.63, 3.8) is 0 Å². The first-order chi connectivity index (χ1) is 15.3. The predicted octanol–water partition coefficient (Wildman–Crippen LogP) is 2.43. The van der Waals surface area contributed by atoms with E-state index >= 15 is 0 Å². The second kappa shape index (κ2) is 9.94. The number of nitrogens with zero attached hydrogens (tertiary/aromatic N) is 2. The molecule has 0 fully saturated rings. The minimum atomic E-state index is -4.08. The number of unbranched alkanes of at least 4 members (excludes halogenated alkanes) is 1. The molecule has 1 aliphatic heterocycles. The van der Waals surface area contributed by atoms with Crippen molar-refractivity contribution >= 4 is 21.9 Å². The van der Waals surface area contributed by atoms with Gasteiger partial charge in [-0.2, -0.15) is 9.57 Å². The predicted molar refractivity (Wildman–Crippen MR) is 117 cm³/mol. The third-order valence-corrected chi connectivity index (χ3v) is 7.43. The van der Waals surface area contributed by atoms with Crippen LogP contribution in [0.1, 0.15) is 42.9 Å². The Morgan fingerprint density at radius 3 is 2.44 bits per heavy atom. The van der Waals surface area contributed by atoms with Gasteiger partial charge in [-0.1, -0.05) is 44.0 Å². The number of carbonyl (C=O) groups excluding carboxylic acids is 1. The maximum atomic E-state index is 13.4. The van der Waals surface area contributed by atoms with E-state index in [1.807, 2.05) is 31.2 Å². The molecule has 0 saturated heterocycles. The smallest absolute Gasteiger partial charge is 0.326 e. The van der Waals surface area contributed by atoms with E-state index in [-0.39, 0.29) is 24.3 Å². The summed E-state index contributed by atoms with van der Waals surface area (Å²) in [6.07, 6.45) is 1.80. The number of fused-ring (bicyclic) bond motifs is 1. The molecule has 0 radical (unpaired) electrons. The van der Waals surface area contributed by atoms with E-state index in [0.29, 0.717) is 12.0 Å². The number of amides is 1. The fourth-order valence-electron chi connectivity index (χ4n) is 3.75. The molecule has 0 spiro atoms. The Hall–Kier alpha value is -3.22. The summed E-state index contributed by atoms with van der Waals surface area (Å²) in [6, 6.07) is 12.5. The maximum absolute atomic E-state index is 13.4. The highest BCUT2D eigenvalue weighted by Crippen LogP contribution is 2.29. The lowest BCUT2D eigenvalue weighted by atomic mass is 9.95. The second-order valence-corrected chi connectivity index (χ2v) is 9.61. The van der Waals surface area contributed by atoms with Crippen molar-refractivity contribution in [1.29, 1.82) is 5.26 Å². The largest absolute Gasteiger partial charge is 0.480 e. The summed E-state index contributed by atoms with van der Waals surface area (Å²) in [5, 5.41) is 21.0. The van der Waals surface area contributed by atoms with Crippen LogP contribution in [0.4, 0.5) is 0 Å². The van der Waals surface area contributed by atoms with Crippen LogP contribution in [-0.4, -0.2) is 41.8 Å². The van der Waals surface area contributed by atoms with E-state index in [4.69, 9.17) is 5.26 Å². The van der Waals surface area contributed by atoms with Crippen LogP contribution < -0.4 is 5.32 Å². The number of nitrogens with one attached hydrogen (secondary N) is 1. The number of rotatable bonds is 8. The van der Waals surface area contributed by atoms with Gasteiger partial charge >= 0.3 is 5.97 Å². The van der Waals surface area contributed by atoms with Crippen molar-refractivity contribution in [2.45, 2.75) is 56.1 Å². The first-order valence-corrected chi connectivity index (χ1v) is 11.8. The maximum Gasteiger partial charge on any atom is 0.326 e. The average molecular weight is 456 g/mol. The van der Waals surface area contributed by atoms with Gasteiger partial charge in [0.1, 0.15) is 12.1 Å². The summed E-state index contributed by atoms with van der Waals surface area (Å²) in [5.74, 6) is -1.79. The van der Waals surface area contributed by atoms with E-state index in [9.17, 15) is 23.1 Å². The minimum absolute atomic E-state index is 0.0106. The van der Waals surface area contributed by atoms with Gasteiger partial charge < -0.3 is 10.4 Å². The molecule has 2 atom stereocenters. The van der Waals surface area contributed by atoms with Crippen molar-refractivity contribution in [2.24, 2.45) is 0 Å². The zero-order valence-electron chi connectivity index (χ0n) is 17.7. The van der Waals surface area contributed by atoms with E-state index in [0.717, 1.165) is 21.9 Å². The van der Waals surface area contributed by atoms with Gasteiger partial charge in [-0.05, 0) is 48.2 Å². The quantitative estimate of drug-likeness (QED) is 0.629. The van der Waals surface area contributed by atoms with Gasteiger partial charge in [-0.3, -0.25) is 4.79 Å². The first-order valence-electron chi connectivity index (χ1n) is 10.4. The number of carbonyl (C=O) groups is 2. The Kier molecular flexibility index (Phi) is 7.28. The first kappa shape index (κ1) is 23.4. The number of benzene rings is 2. The number of aliphatic carboxylic acids is 1. The van der Waals surface area contributed by atoms with Gasteiger partial charge in [0.25, 0.3) is 0 Å². The van der Waals surface area contributed by atoms with Gasteiger partial charge in [0, 0.05) is 6.54 Å². The molecule has 168 valence electrons. The van der Waals surface area contributed by atoms with Crippen molar-refractivity contribution < 1.29 is 23.1 Å². The van der Waals surface area contributed by atoms with Gasteiger partial charge in [0.05, 0.1) is 16.5 Å². The second-order valence-electron chi connectivity index (χ2n) is 7.72. The van der Waals surface area contributed by atoms with E-state index < -0.39 is 34.0 Å². The monoisotopic (exact) mass is 455 g/mol. The Balaban J connectivity index is 1.96. The van der Waals surface area contributed by atoms with Crippen LogP contribution in [0.3, 0.4) is 0 Å². The highest BCUT2D eigenvalue weighted by Gasteiger charge is 2.40. The Morgan fingerprint density at radius 1 is 1.19 bits per heavy atom. The van der Waals surface area contributed by atoms with Crippen molar-refractivity contribution in [3.8, 4) is 6.07 Å². The molecule has 8 nitrogen and oxygen atoms in total. The molecule has 1 aliphatic rings. The SMILES string of the molecule is CCCCC(NC(=O)[C@@H]1Cc2ccccc2CN1S(=O)(=O)c1ccc(C#N)cc1)C(=O)O. The number of sulfonamides is 1. The van der Waals surface area contributed by atoms with Crippen LogP contribution in [0.5, 0.6) is 0 Å². The molecule has 2 N–H and O–H groups in total. The average Bonchev–Trinajstić information content (AvgIpc) is 2.80. The van der Waals surface area contributed by atoms with Gasteiger partial charge in [0.15, 0.2) is 0 Å². The third-order valence-electron chi connectivity index (χ3n) is 5.56. The fourth-order valence-corrected chi connectivity index (χ4v) is 5.31. The standard InChI is InChI=1S/C23H25N3O5S/c1-2-3-8-20(23(28)29)25-22(27)21-13-17-6-4-5-7-18(17)15-26(21)32(30,31)19-11-9-16(14-24)10-12-19/h4-7,9-12,20-21H,2-3,8,13,15H2,1H3,(H,25,27)(H,28,29)/t20?,21-/m0/s1. The summed E-state index contributed by atoms with van der Waals surface area (Å²) in [7, 11) is -4.08. The summed E-state index contributed by atoms with van der Waals surface area (Å²) >= 11 is 0. The Morgan fingerprint density at radius 2 is 1.84 bits per heavy atom. The Labute approximate surface area is 187 Å². The molecule has 2 aromatic rings. The molecule has 2 aromatic carbocycles. The number of nitriles is 1. The van der Waals surface area contributed by atoms with E-state index in [2.05, 4.69) is 5.32 Å². The van der Waals surface area contributed by atoms with Crippen LogP contribution in [0.15, 0.2) is 53.4 Å². The molecule has 32 heavy (non-hydrogen) atoms. The van der Waals surface area contributed by atoms with Crippen LogP contribution in [-0.2, 0) is 32.6 Å². The van der Waals surface area contributed by atoms with Gasteiger partial charge in [0.2, 0.25) is 15.9 Å². The zero-order valence-corrected chi connectivity index (χ0v) is 18.5. The molecule has 9 heteroatoms. The summed E-state index contributed by atoms with van der Waals surface area (Å²) in [6.45, 7) is 1.91. The molecule has 0 bridgehead atoms. The number of hydrogen-bond donors (Lipinski definition) is 2. The molecular formula is C23H25N3O5S. The molecule has 0 aromatic heterocycles. The molecule has 0 aliphatic carbocycles. The lowest BCUT2D eigenvalue weighted by Crippen LogP contribution is -2.55. The number of hydrogen-bond acceptors (Lipinski definition) is 5. The molecule has 1 amide bonds. The fraction of sp³-hybridized carbons (Fsp3) is 0.348. The van der Waals surface area contributed by atoms with E-state index in [1.54, 1.807) is 6.07 Å². The number of carboxylic acids is 1. The van der Waals surface area contributed by atoms with E-state index in [1.165, 1.54) is 24.3 Å². The van der Waals surface area contributed by atoms with Crippen LogP contribution in [0.2, 0.25) is 0 Å². The molecule has 3 rings (SSSR count). The molecule has 1 unspecified atom stereocenters. The van der Waals surface area contributed by atoms with Gasteiger partial charge in [-0.25, -0.2) is 13.2 Å².